The molecular weight excluding hydrogens is 324 g/mol. The lowest BCUT2D eigenvalue weighted by Crippen LogP contribution is -2.26. The lowest BCUT2D eigenvalue weighted by atomic mass is 9.69. The Bertz CT molecular complexity index is 957. The largest absolute Gasteiger partial charge is 0.289 e. The van der Waals surface area contributed by atoms with Crippen molar-refractivity contribution in [2.24, 2.45) is 11.3 Å². The second-order valence-electron chi connectivity index (χ2n) is 8.53. The Morgan fingerprint density at radius 3 is 2.42 bits per heavy atom. The van der Waals surface area contributed by atoms with Gasteiger partial charge >= 0.3 is 0 Å². The molecule has 0 aromatic carbocycles. The molecule has 5 nitrogen and oxygen atoms in total. The molecule has 26 heavy (non-hydrogen) atoms. The molecule has 0 unspecified atom stereocenters. The Balaban J connectivity index is 1.63. The maximum absolute atomic E-state index is 12.6. The molecule has 0 amide bonds. The first-order chi connectivity index (χ1) is 12.4. The summed E-state index contributed by atoms with van der Waals surface area (Å²) in [6.45, 7) is 6.99. The molecule has 4 rings (SSSR count). The number of H-pyrrole nitrogens is 1. The van der Waals surface area contributed by atoms with E-state index in [-0.39, 0.29) is 5.56 Å². The fraction of sp³-hybridized carbons (Fsp3) is 0.476. The zero-order valence-electron chi connectivity index (χ0n) is 15.7. The van der Waals surface area contributed by atoms with Crippen LogP contribution in [0.4, 0.5) is 0 Å². The van der Waals surface area contributed by atoms with Gasteiger partial charge in [-0.3, -0.25) is 14.9 Å². The van der Waals surface area contributed by atoms with Crippen molar-refractivity contribution < 1.29 is 0 Å². The molecule has 1 fully saturated rings. The molecule has 5 heteroatoms. The standard InChI is InChI=1S/C21H26N4O/c1-21(2,3)16-6-4-14(5-7-16)17-13-20(26)25-19(23-17)12-18(24-25)15-8-10-22-11-9-15/h8-14,16,24H,4-7H2,1-3H3. The molecule has 1 saturated carbocycles. The predicted octanol–water partition coefficient (Wildman–Crippen LogP) is 4.40. The lowest BCUT2D eigenvalue weighted by molar-refractivity contribution is 0.168. The number of rotatable bonds is 2. The molecule has 0 bridgehead atoms. The van der Waals surface area contributed by atoms with E-state index in [9.17, 15) is 4.79 Å². The van der Waals surface area contributed by atoms with Gasteiger partial charge in [-0.1, -0.05) is 20.8 Å². The molecule has 3 aromatic rings. The van der Waals surface area contributed by atoms with Crippen LogP contribution >= 0.6 is 0 Å². The minimum absolute atomic E-state index is 0.0387. The number of pyridine rings is 1. The van der Waals surface area contributed by atoms with Gasteiger partial charge in [0.15, 0.2) is 5.65 Å². The van der Waals surface area contributed by atoms with Crippen LogP contribution in [0.2, 0.25) is 0 Å². The highest BCUT2D eigenvalue weighted by atomic mass is 16.1. The number of fused-ring (bicyclic) bond motifs is 1. The molecule has 136 valence electrons. The third-order valence-corrected chi connectivity index (χ3v) is 5.83. The van der Waals surface area contributed by atoms with Gasteiger partial charge in [-0.2, -0.15) is 0 Å². The summed E-state index contributed by atoms with van der Waals surface area (Å²) in [7, 11) is 0. The van der Waals surface area contributed by atoms with Gasteiger partial charge < -0.3 is 0 Å². The molecule has 0 saturated heterocycles. The van der Waals surface area contributed by atoms with Crippen molar-refractivity contribution in [3.8, 4) is 11.3 Å². The monoisotopic (exact) mass is 350 g/mol. The van der Waals surface area contributed by atoms with Crippen molar-refractivity contribution >= 4 is 5.65 Å². The van der Waals surface area contributed by atoms with E-state index in [0.717, 1.165) is 35.7 Å². The second kappa shape index (κ2) is 6.38. The first-order valence-corrected chi connectivity index (χ1v) is 9.45. The quantitative estimate of drug-likeness (QED) is 0.745. The lowest BCUT2D eigenvalue weighted by Gasteiger charge is -2.36. The average Bonchev–Trinajstić information content (AvgIpc) is 3.07. The van der Waals surface area contributed by atoms with E-state index < -0.39 is 0 Å². The third-order valence-electron chi connectivity index (χ3n) is 5.83. The van der Waals surface area contributed by atoms with Crippen molar-refractivity contribution in [1.82, 2.24) is 19.6 Å². The van der Waals surface area contributed by atoms with Gasteiger partial charge in [0.2, 0.25) is 0 Å². The summed E-state index contributed by atoms with van der Waals surface area (Å²) in [5.74, 6) is 1.15. The van der Waals surface area contributed by atoms with Crippen molar-refractivity contribution in [3.63, 3.8) is 0 Å². The van der Waals surface area contributed by atoms with Crippen LogP contribution in [0, 0.1) is 11.3 Å². The molecule has 1 aliphatic carbocycles. The number of aromatic amines is 1. The summed E-state index contributed by atoms with van der Waals surface area (Å²) in [6.07, 6.45) is 8.15. The van der Waals surface area contributed by atoms with E-state index in [1.165, 1.54) is 17.4 Å². The van der Waals surface area contributed by atoms with E-state index in [2.05, 4.69) is 30.9 Å². The van der Waals surface area contributed by atoms with E-state index >= 15 is 0 Å². The smallest absolute Gasteiger partial charge is 0.272 e. The first-order valence-electron chi connectivity index (χ1n) is 9.45. The number of aromatic nitrogens is 4. The van der Waals surface area contributed by atoms with Gasteiger partial charge in [-0.05, 0) is 49.1 Å². The van der Waals surface area contributed by atoms with Gasteiger partial charge in [-0.15, -0.1) is 0 Å². The minimum atomic E-state index is -0.0387. The maximum atomic E-state index is 12.6. The summed E-state index contributed by atoms with van der Waals surface area (Å²) in [6, 6.07) is 7.50. The number of nitrogens with zero attached hydrogens (tertiary/aromatic N) is 3. The summed E-state index contributed by atoms with van der Waals surface area (Å²) in [5, 5.41) is 3.15. The van der Waals surface area contributed by atoms with Crippen molar-refractivity contribution in [1.29, 1.82) is 0 Å². The van der Waals surface area contributed by atoms with Gasteiger partial charge in [0.1, 0.15) is 0 Å². The van der Waals surface area contributed by atoms with Gasteiger partial charge in [0.05, 0.1) is 11.4 Å². The number of hydrogen-bond acceptors (Lipinski definition) is 3. The summed E-state index contributed by atoms with van der Waals surface area (Å²) >= 11 is 0. The van der Waals surface area contributed by atoms with E-state index in [1.807, 2.05) is 18.2 Å². The van der Waals surface area contributed by atoms with Crippen LogP contribution in [-0.2, 0) is 0 Å². The van der Waals surface area contributed by atoms with Crippen LogP contribution < -0.4 is 5.56 Å². The normalized spacial score (nSPS) is 21.2. The van der Waals surface area contributed by atoms with Crippen LogP contribution in [-0.4, -0.2) is 19.6 Å². The van der Waals surface area contributed by atoms with Crippen molar-refractivity contribution in [2.45, 2.75) is 52.4 Å². The molecule has 3 heterocycles. The van der Waals surface area contributed by atoms with Crippen molar-refractivity contribution in [3.05, 3.63) is 52.7 Å². The molecule has 3 aromatic heterocycles. The van der Waals surface area contributed by atoms with Gasteiger partial charge in [0, 0.05) is 36.0 Å². The Morgan fingerprint density at radius 1 is 1.08 bits per heavy atom. The molecule has 1 aliphatic rings. The molecule has 0 atom stereocenters. The Labute approximate surface area is 153 Å². The summed E-state index contributed by atoms with van der Waals surface area (Å²) in [4.78, 5) is 21.4. The second-order valence-corrected chi connectivity index (χ2v) is 8.53. The highest BCUT2D eigenvalue weighted by molar-refractivity contribution is 5.63. The van der Waals surface area contributed by atoms with Crippen LogP contribution in [0.25, 0.3) is 16.9 Å². The van der Waals surface area contributed by atoms with Crippen LogP contribution in [0.15, 0.2) is 41.5 Å². The third kappa shape index (κ3) is 3.18. The molecule has 1 N–H and O–H groups in total. The maximum Gasteiger partial charge on any atom is 0.272 e. The molecular formula is C21H26N4O. The molecule has 0 radical (unpaired) electrons. The number of hydrogen-bond donors (Lipinski definition) is 1. The van der Waals surface area contributed by atoms with Crippen LogP contribution in [0.5, 0.6) is 0 Å². The predicted molar refractivity (Wildman–Crippen MR) is 103 cm³/mol. The SMILES string of the molecule is CC(C)(C)C1CCC(c2cc(=O)n3[nH]c(-c4ccncc4)cc3n2)CC1. The summed E-state index contributed by atoms with van der Waals surface area (Å²) < 4.78 is 1.53. The summed E-state index contributed by atoms with van der Waals surface area (Å²) in [5.41, 5.74) is 3.84. The highest BCUT2D eigenvalue weighted by Crippen LogP contribution is 2.42. The Hall–Kier alpha value is -2.43. The van der Waals surface area contributed by atoms with E-state index in [4.69, 9.17) is 4.98 Å². The van der Waals surface area contributed by atoms with Crippen molar-refractivity contribution in [2.75, 3.05) is 0 Å². The van der Waals surface area contributed by atoms with E-state index in [1.54, 1.807) is 18.5 Å². The zero-order valence-corrected chi connectivity index (χ0v) is 15.7. The minimum Gasteiger partial charge on any atom is -0.289 e. The Morgan fingerprint density at radius 2 is 1.77 bits per heavy atom. The van der Waals surface area contributed by atoms with Crippen LogP contribution in [0.3, 0.4) is 0 Å². The fourth-order valence-corrected chi connectivity index (χ4v) is 4.15. The Kier molecular flexibility index (Phi) is 4.17. The average molecular weight is 350 g/mol. The van der Waals surface area contributed by atoms with Crippen LogP contribution in [0.1, 0.15) is 58.1 Å². The molecule has 0 spiro atoms. The first kappa shape index (κ1) is 17.0. The highest BCUT2D eigenvalue weighted by Gasteiger charge is 2.31. The number of nitrogens with one attached hydrogen (secondary N) is 1. The van der Waals surface area contributed by atoms with Gasteiger partial charge in [0.25, 0.3) is 5.56 Å². The van der Waals surface area contributed by atoms with E-state index in [0.29, 0.717) is 17.0 Å². The zero-order chi connectivity index (χ0) is 18.3. The van der Waals surface area contributed by atoms with Gasteiger partial charge in [-0.25, -0.2) is 9.50 Å². The topological polar surface area (TPSA) is 63.0 Å². The fourth-order valence-electron chi connectivity index (χ4n) is 4.15. The molecule has 0 aliphatic heterocycles.